The number of hydrogen-bond acceptors (Lipinski definition) is 10. The molecule has 0 aliphatic carbocycles. The van der Waals surface area contributed by atoms with E-state index < -0.39 is 11.4 Å². The quantitative estimate of drug-likeness (QED) is 0.224. The molecule has 1 fully saturated rings. The molecule has 2 N–H and O–H groups in total. The zero-order valence-corrected chi connectivity index (χ0v) is 26.4. The lowest BCUT2D eigenvalue weighted by Crippen LogP contribution is -2.52. The first kappa shape index (κ1) is 30.1. The minimum Gasteiger partial charge on any atom is -0.455 e. The van der Waals surface area contributed by atoms with E-state index in [2.05, 4.69) is 30.1 Å². The van der Waals surface area contributed by atoms with E-state index in [4.69, 9.17) is 20.8 Å². The number of hydrogen-bond donors (Lipinski definition) is 2. The Kier molecular flexibility index (Phi) is 7.51. The van der Waals surface area contributed by atoms with Crippen molar-refractivity contribution < 1.29 is 18.5 Å². The number of anilines is 1. The van der Waals surface area contributed by atoms with Gasteiger partial charge in [0, 0.05) is 30.4 Å². The molecule has 234 valence electrons. The number of aromatic amines is 1. The van der Waals surface area contributed by atoms with Gasteiger partial charge in [0.25, 0.3) is 0 Å². The number of amides is 1. The molecule has 13 nitrogen and oxygen atoms in total. The number of carbonyl (C=O) groups excluding carboxylic acids is 1. The van der Waals surface area contributed by atoms with Crippen molar-refractivity contribution in [2.75, 3.05) is 18.4 Å². The largest absolute Gasteiger partial charge is 0.455 e. The molecule has 6 rings (SSSR count). The second-order valence-electron chi connectivity index (χ2n) is 12.2. The van der Waals surface area contributed by atoms with Gasteiger partial charge in [-0.2, -0.15) is 5.10 Å². The fourth-order valence-electron chi connectivity index (χ4n) is 5.29. The van der Waals surface area contributed by atoms with Crippen LogP contribution in [-0.4, -0.2) is 54.6 Å². The Morgan fingerprint density at radius 1 is 1.20 bits per heavy atom. The number of aromatic nitrogens is 5. The number of fused-ring (bicyclic) bond motifs is 1. The first-order chi connectivity index (χ1) is 21.3. The molecular weight excluding hydrogens is 602 g/mol. The fraction of sp³-hybridized carbons (Fsp3) is 0.355. The Morgan fingerprint density at radius 2 is 1.96 bits per heavy atom. The Balaban J connectivity index is 1.32. The van der Waals surface area contributed by atoms with E-state index in [1.165, 1.54) is 0 Å². The summed E-state index contributed by atoms with van der Waals surface area (Å²) in [6, 6.07) is 6.68. The third-order valence-corrected chi connectivity index (χ3v) is 7.72. The van der Waals surface area contributed by atoms with Crippen molar-refractivity contribution in [2.45, 2.75) is 59.2 Å². The number of halogens is 1. The third kappa shape index (κ3) is 5.95. The predicted molar refractivity (Wildman–Crippen MR) is 167 cm³/mol. The van der Waals surface area contributed by atoms with Gasteiger partial charge < -0.3 is 19.4 Å². The molecule has 0 spiro atoms. The molecule has 1 amide bonds. The molecule has 45 heavy (non-hydrogen) atoms. The molecular formula is C31H32ClN7O6. The second-order valence-corrected chi connectivity index (χ2v) is 12.6. The SMILES string of the molecule is Cc1cc([C@@H](C)Nc2ccc(Cl)nc2-c2noc(=O)[nH]2)c2oc(-c3cnn(C4CN(C(=O)OC(C)(C)C)C4)c3)c(C)c(=O)c2c1. The number of H-pyrrole nitrogens is 1. The van der Waals surface area contributed by atoms with E-state index >= 15 is 0 Å². The smallest absolute Gasteiger partial charge is 0.439 e. The van der Waals surface area contributed by atoms with Crippen molar-refractivity contribution in [1.29, 1.82) is 0 Å². The summed E-state index contributed by atoms with van der Waals surface area (Å²) >= 11 is 6.14. The van der Waals surface area contributed by atoms with Gasteiger partial charge in [-0.25, -0.2) is 14.6 Å². The average molecular weight is 634 g/mol. The van der Waals surface area contributed by atoms with Crippen LogP contribution in [0.15, 0.2) is 55.2 Å². The topological polar surface area (TPSA) is 161 Å². The van der Waals surface area contributed by atoms with Gasteiger partial charge in [-0.1, -0.05) is 22.8 Å². The first-order valence-electron chi connectivity index (χ1n) is 14.4. The predicted octanol–water partition coefficient (Wildman–Crippen LogP) is 5.63. The van der Waals surface area contributed by atoms with Crippen LogP contribution in [0.5, 0.6) is 0 Å². The summed E-state index contributed by atoms with van der Waals surface area (Å²) in [5, 5.41) is 12.3. The van der Waals surface area contributed by atoms with Gasteiger partial charge in [0.05, 0.1) is 34.9 Å². The van der Waals surface area contributed by atoms with E-state index in [0.29, 0.717) is 52.3 Å². The van der Waals surface area contributed by atoms with Crippen molar-refractivity contribution in [3.8, 4) is 22.8 Å². The molecule has 4 aromatic heterocycles. The van der Waals surface area contributed by atoms with Crippen molar-refractivity contribution in [3.63, 3.8) is 0 Å². The van der Waals surface area contributed by atoms with E-state index in [0.717, 1.165) is 11.1 Å². The van der Waals surface area contributed by atoms with Gasteiger partial charge in [-0.3, -0.25) is 19.0 Å². The summed E-state index contributed by atoms with van der Waals surface area (Å²) in [6.45, 7) is 12.0. The van der Waals surface area contributed by atoms with Gasteiger partial charge in [0.2, 0.25) is 5.82 Å². The number of nitrogens with one attached hydrogen (secondary N) is 2. The molecule has 1 aliphatic heterocycles. The molecule has 1 aliphatic rings. The maximum Gasteiger partial charge on any atom is 0.439 e. The van der Waals surface area contributed by atoms with Crippen LogP contribution in [-0.2, 0) is 4.74 Å². The summed E-state index contributed by atoms with van der Waals surface area (Å²) in [5.41, 5.74) is 3.26. The maximum absolute atomic E-state index is 13.7. The first-order valence-corrected chi connectivity index (χ1v) is 14.7. The highest BCUT2D eigenvalue weighted by Gasteiger charge is 2.35. The molecule has 1 saturated heterocycles. The Labute approximate surface area is 262 Å². The minimum atomic E-state index is -0.721. The summed E-state index contributed by atoms with van der Waals surface area (Å²) in [5.74, 6) is -0.192. The third-order valence-electron chi connectivity index (χ3n) is 7.51. The maximum atomic E-state index is 13.7. The zero-order valence-electron chi connectivity index (χ0n) is 25.6. The molecule has 1 atom stereocenters. The van der Waals surface area contributed by atoms with Gasteiger partial charge >= 0.3 is 11.8 Å². The lowest BCUT2D eigenvalue weighted by Gasteiger charge is -2.39. The highest BCUT2D eigenvalue weighted by molar-refractivity contribution is 6.29. The van der Waals surface area contributed by atoms with Crippen LogP contribution in [0.1, 0.15) is 56.5 Å². The fourth-order valence-corrected chi connectivity index (χ4v) is 5.44. The number of benzene rings is 1. The molecule has 5 heterocycles. The summed E-state index contributed by atoms with van der Waals surface area (Å²) in [4.78, 5) is 46.1. The number of likely N-dealkylation sites (tertiary alicyclic amines) is 1. The van der Waals surface area contributed by atoms with Crippen LogP contribution >= 0.6 is 11.6 Å². The minimum absolute atomic E-state index is 0.0250. The van der Waals surface area contributed by atoms with Gasteiger partial charge in [0.1, 0.15) is 27.8 Å². The number of rotatable bonds is 6. The Morgan fingerprint density at radius 3 is 2.64 bits per heavy atom. The zero-order chi connectivity index (χ0) is 32.2. The van der Waals surface area contributed by atoms with Crippen LogP contribution in [0.2, 0.25) is 5.15 Å². The molecule has 5 aromatic rings. The molecule has 0 saturated carbocycles. The van der Waals surface area contributed by atoms with Crippen LogP contribution < -0.4 is 16.5 Å². The lowest BCUT2D eigenvalue weighted by atomic mass is 9.99. The Hall–Kier alpha value is -4.91. The van der Waals surface area contributed by atoms with E-state index in [9.17, 15) is 14.4 Å². The summed E-state index contributed by atoms with van der Waals surface area (Å²) in [6.07, 6.45) is 3.13. The number of ether oxygens (including phenoxy) is 1. The lowest BCUT2D eigenvalue weighted by molar-refractivity contribution is -0.000387. The summed E-state index contributed by atoms with van der Waals surface area (Å²) < 4.78 is 18.4. The molecule has 0 bridgehead atoms. The van der Waals surface area contributed by atoms with Crippen molar-refractivity contribution in [1.82, 2.24) is 29.8 Å². The normalized spacial score (nSPS) is 14.4. The second kappa shape index (κ2) is 11.2. The van der Waals surface area contributed by atoms with Gasteiger partial charge in [-0.15, -0.1) is 0 Å². The number of nitrogens with zero attached hydrogens (tertiary/aromatic N) is 5. The standard InChI is InChI=1S/C31H32ClN7O6/c1-15-9-20(17(3)34-22-7-8-23(32)35-24(22)28-36-29(41)45-37-28)27-21(10-15)25(40)16(2)26(43-27)18-11-33-39(12-18)19-13-38(14-19)30(42)44-31(4,5)6/h7-12,17,19,34H,13-14H2,1-6H3,(H,36,37,41)/t17-/m1/s1. The van der Waals surface area contributed by atoms with Crippen LogP contribution in [0.25, 0.3) is 33.8 Å². The van der Waals surface area contributed by atoms with Crippen molar-refractivity contribution >= 4 is 34.4 Å². The van der Waals surface area contributed by atoms with E-state index in [1.54, 1.807) is 34.8 Å². The highest BCUT2D eigenvalue weighted by atomic mass is 35.5. The van der Waals surface area contributed by atoms with Gasteiger partial charge in [0.15, 0.2) is 5.43 Å². The number of aryl methyl sites for hydroxylation is 1. The van der Waals surface area contributed by atoms with E-state index in [-0.39, 0.29) is 34.6 Å². The molecule has 14 heteroatoms. The van der Waals surface area contributed by atoms with Gasteiger partial charge in [-0.05, 0) is 65.3 Å². The number of carbonyl (C=O) groups is 1. The van der Waals surface area contributed by atoms with Crippen LogP contribution in [0.3, 0.4) is 0 Å². The van der Waals surface area contributed by atoms with E-state index in [1.807, 2.05) is 52.9 Å². The molecule has 0 unspecified atom stereocenters. The molecule has 0 radical (unpaired) electrons. The number of pyridine rings is 1. The summed E-state index contributed by atoms with van der Waals surface area (Å²) in [7, 11) is 0. The van der Waals surface area contributed by atoms with Crippen molar-refractivity contribution in [2.24, 2.45) is 0 Å². The average Bonchev–Trinajstić information content (AvgIpc) is 3.59. The molecule has 1 aromatic carbocycles. The van der Waals surface area contributed by atoms with Crippen LogP contribution in [0, 0.1) is 13.8 Å². The Bertz CT molecular complexity index is 2050. The van der Waals surface area contributed by atoms with Crippen molar-refractivity contribution in [3.05, 3.63) is 79.3 Å². The van der Waals surface area contributed by atoms with Crippen LogP contribution in [0.4, 0.5) is 10.5 Å². The monoisotopic (exact) mass is 633 g/mol. The highest BCUT2D eigenvalue weighted by Crippen LogP contribution is 2.34.